The molecule has 0 aromatic heterocycles. The number of hydrogen-bond acceptors (Lipinski definition) is 8. The molecule has 0 spiro atoms. The highest BCUT2D eigenvalue weighted by Gasteiger charge is 2.16. The van der Waals surface area contributed by atoms with Crippen LogP contribution in [0.2, 0.25) is 0 Å². The molecule has 1 amide bonds. The standard InChI is InChI=1S/C24H21N3O7/c1-2-31-22-11-17(5-9-20(22)32-14-16-3-7-19(8-4-16)27(29)30)13-25-26-24(28)18-6-10-21-23(12-18)34-15-33-21/h3-13H,2,14-15H2,1H3,(H,26,28). The number of ether oxygens (including phenoxy) is 4. The zero-order valence-electron chi connectivity index (χ0n) is 18.2. The average molecular weight is 463 g/mol. The van der Waals surface area contributed by atoms with Gasteiger partial charge in [-0.3, -0.25) is 14.9 Å². The number of nitro groups is 1. The van der Waals surface area contributed by atoms with E-state index in [9.17, 15) is 14.9 Å². The molecule has 10 heteroatoms. The van der Waals surface area contributed by atoms with Gasteiger partial charge in [-0.15, -0.1) is 0 Å². The Morgan fingerprint density at radius 3 is 2.62 bits per heavy atom. The molecule has 0 unspecified atom stereocenters. The molecule has 0 radical (unpaired) electrons. The van der Waals surface area contributed by atoms with Crippen molar-refractivity contribution in [3.05, 3.63) is 87.5 Å². The van der Waals surface area contributed by atoms with Crippen LogP contribution in [0, 0.1) is 10.1 Å². The lowest BCUT2D eigenvalue weighted by Gasteiger charge is -2.12. The van der Waals surface area contributed by atoms with Crippen molar-refractivity contribution in [3.8, 4) is 23.0 Å². The maximum Gasteiger partial charge on any atom is 0.271 e. The second-order valence-corrected chi connectivity index (χ2v) is 7.12. The molecule has 0 saturated heterocycles. The van der Waals surface area contributed by atoms with E-state index < -0.39 is 4.92 Å². The van der Waals surface area contributed by atoms with Crippen LogP contribution in [0.15, 0.2) is 65.8 Å². The number of amides is 1. The number of benzene rings is 3. The Kier molecular flexibility index (Phi) is 6.87. The summed E-state index contributed by atoms with van der Waals surface area (Å²) in [4.78, 5) is 22.7. The van der Waals surface area contributed by atoms with Gasteiger partial charge < -0.3 is 18.9 Å². The first-order chi connectivity index (χ1) is 16.5. The normalized spacial score (nSPS) is 11.9. The van der Waals surface area contributed by atoms with Crippen LogP contribution in [0.1, 0.15) is 28.4 Å². The number of fused-ring (bicyclic) bond motifs is 1. The monoisotopic (exact) mass is 463 g/mol. The Bertz CT molecular complexity index is 1230. The van der Waals surface area contributed by atoms with Gasteiger partial charge in [-0.05, 0) is 66.6 Å². The number of nitrogens with zero attached hydrogens (tertiary/aromatic N) is 2. The van der Waals surface area contributed by atoms with E-state index in [1.54, 1.807) is 48.5 Å². The van der Waals surface area contributed by atoms with Gasteiger partial charge in [-0.1, -0.05) is 0 Å². The number of hydrogen-bond donors (Lipinski definition) is 1. The first kappa shape index (κ1) is 22.6. The fourth-order valence-corrected chi connectivity index (χ4v) is 3.14. The van der Waals surface area contributed by atoms with Crippen molar-refractivity contribution >= 4 is 17.8 Å². The first-order valence-electron chi connectivity index (χ1n) is 10.4. The Morgan fingerprint density at radius 2 is 1.85 bits per heavy atom. The molecule has 1 aliphatic heterocycles. The molecule has 1 aliphatic rings. The molecule has 0 bridgehead atoms. The smallest absolute Gasteiger partial charge is 0.271 e. The maximum absolute atomic E-state index is 12.3. The van der Waals surface area contributed by atoms with Crippen LogP contribution >= 0.6 is 0 Å². The number of non-ortho nitro benzene ring substituents is 1. The van der Waals surface area contributed by atoms with Gasteiger partial charge in [0, 0.05) is 17.7 Å². The van der Waals surface area contributed by atoms with Crippen LogP contribution < -0.4 is 24.4 Å². The van der Waals surface area contributed by atoms with Crippen LogP contribution in [0.5, 0.6) is 23.0 Å². The minimum absolute atomic E-state index is 0.0213. The third-order valence-electron chi connectivity index (χ3n) is 4.82. The number of rotatable bonds is 9. The van der Waals surface area contributed by atoms with E-state index in [0.29, 0.717) is 40.7 Å². The van der Waals surface area contributed by atoms with Crippen LogP contribution in [-0.2, 0) is 6.61 Å². The minimum Gasteiger partial charge on any atom is -0.490 e. The fraction of sp³-hybridized carbons (Fsp3) is 0.167. The van der Waals surface area contributed by atoms with E-state index in [2.05, 4.69) is 10.5 Å². The highest BCUT2D eigenvalue weighted by molar-refractivity contribution is 5.95. The summed E-state index contributed by atoms with van der Waals surface area (Å²) in [6, 6.07) is 16.3. The van der Waals surface area contributed by atoms with Crippen molar-refractivity contribution in [3.63, 3.8) is 0 Å². The van der Waals surface area contributed by atoms with Crippen LogP contribution in [0.4, 0.5) is 5.69 Å². The lowest BCUT2D eigenvalue weighted by atomic mass is 10.2. The molecule has 34 heavy (non-hydrogen) atoms. The van der Waals surface area contributed by atoms with Crippen molar-refractivity contribution in [2.45, 2.75) is 13.5 Å². The highest BCUT2D eigenvalue weighted by atomic mass is 16.7. The quantitative estimate of drug-likeness (QED) is 0.288. The van der Waals surface area contributed by atoms with Gasteiger partial charge in [0.1, 0.15) is 6.61 Å². The summed E-state index contributed by atoms with van der Waals surface area (Å²) in [6.45, 7) is 2.63. The van der Waals surface area contributed by atoms with Gasteiger partial charge in [0.05, 0.1) is 17.7 Å². The van der Waals surface area contributed by atoms with Crippen molar-refractivity contribution < 1.29 is 28.7 Å². The summed E-state index contributed by atoms with van der Waals surface area (Å²) in [5.41, 5.74) is 4.37. The molecule has 4 rings (SSSR count). The summed E-state index contributed by atoms with van der Waals surface area (Å²) in [6.07, 6.45) is 1.49. The zero-order valence-corrected chi connectivity index (χ0v) is 18.2. The lowest BCUT2D eigenvalue weighted by molar-refractivity contribution is -0.384. The second kappa shape index (κ2) is 10.3. The van der Waals surface area contributed by atoms with Gasteiger partial charge >= 0.3 is 0 Å². The molecule has 10 nitrogen and oxygen atoms in total. The largest absolute Gasteiger partial charge is 0.490 e. The summed E-state index contributed by atoms with van der Waals surface area (Å²) in [5.74, 6) is 1.75. The van der Waals surface area contributed by atoms with E-state index in [1.807, 2.05) is 6.92 Å². The molecule has 0 fully saturated rings. The molecule has 3 aromatic rings. The summed E-state index contributed by atoms with van der Waals surface area (Å²) in [7, 11) is 0. The van der Waals surface area contributed by atoms with E-state index in [1.165, 1.54) is 18.3 Å². The van der Waals surface area contributed by atoms with E-state index in [0.717, 1.165) is 5.56 Å². The third kappa shape index (κ3) is 5.41. The van der Waals surface area contributed by atoms with Gasteiger partial charge in [0.2, 0.25) is 6.79 Å². The molecule has 3 aromatic carbocycles. The molecular weight excluding hydrogens is 442 g/mol. The Morgan fingerprint density at radius 1 is 1.06 bits per heavy atom. The number of carbonyl (C=O) groups is 1. The van der Waals surface area contributed by atoms with Crippen molar-refractivity contribution in [1.82, 2.24) is 5.43 Å². The predicted octanol–water partition coefficient (Wildman–Crippen LogP) is 4.07. The number of nitrogens with one attached hydrogen (secondary N) is 1. The predicted molar refractivity (Wildman–Crippen MR) is 123 cm³/mol. The molecule has 0 atom stereocenters. The Hall–Kier alpha value is -4.60. The summed E-state index contributed by atoms with van der Waals surface area (Å²) < 4.78 is 22.0. The van der Waals surface area contributed by atoms with Crippen LogP contribution in [0.3, 0.4) is 0 Å². The van der Waals surface area contributed by atoms with Gasteiger partial charge in [0.15, 0.2) is 23.0 Å². The number of nitro benzene ring substituents is 1. The summed E-state index contributed by atoms with van der Waals surface area (Å²) in [5, 5.41) is 14.8. The van der Waals surface area contributed by atoms with E-state index in [4.69, 9.17) is 18.9 Å². The molecule has 0 aliphatic carbocycles. The molecule has 0 saturated carbocycles. The number of hydrazone groups is 1. The molecule has 1 heterocycles. The third-order valence-corrected chi connectivity index (χ3v) is 4.82. The van der Waals surface area contributed by atoms with Crippen molar-refractivity contribution in [2.24, 2.45) is 5.10 Å². The maximum atomic E-state index is 12.3. The molecular formula is C24H21N3O7. The SMILES string of the molecule is CCOc1cc(C=NNC(=O)c2ccc3c(c2)OCO3)ccc1OCc1ccc([N+](=O)[O-])cc1. The van der Waals surface area contributed by atoms with E-state index in [-0.39, 0.29) is 25.0 Å². The van der Waals surface area contributed by atoms with Gasteiger partial charge in [0.25, 0.3) is 11.6 Å². The van der Waals surface area contributed by atoms with E-state index >= 15 is 0 Å². The van der Waals surface area contributed by atoms with Crippen LogP contribution in [-0.4, -0.2) is 30.4 Å². The minimum atomic E-state index is -0.449. The topological polar surface area (TPSA) is 122 Å². The molecule has 1 N–H and O–H groups in total. The Labute approximate surface area is 194 Å². The van der Waals surface area contributed by atoms with Crippen molar-refractivity contribution in [2.75, 3.05) is 13.4 Å². The Balaban J connectivity index is 1.38. The van der Waals surface area contributed by atoms with Gasteiger partial charge in [-0.25, -0.2) is 5.43 Å². The number of carbonyl (C=O) groups excluding carboxylic acids is 1. The fourth-order valence-electron chi connectivity index (χ4n) is 3.14. The second-order valence-electron chi connectivity index (χ2n) is 7.12. The van der Waals surface area contributed by atoms with Crippen molar-refractivity contribution in [1.29, 1.82) is 0 Å². The van der Waals surface area contributed by atoms with Crippen LogP contribution in [0.25, 0.3) is 0 Å². The highest BCUT2D eigenvalue weighted by Crippen LogP contribution is 2.32. The average Bonchev–Trinajstić information content (AvgIpc) is 3.32. The molecule has 174 valence electrons. The first-order valence-corrected chi connectivity index (χ1v) is 10.4. The lowest BCUT2D eigenvalue weighted by Crippen LogP contribution is -2.17. The summed E-state index contributed by atoms with van der Waals surface area (Å²) >= 11 is 0. The zero-order chi connectivity index (χ0) is 23.9. The van der Waals surface area contributed by atoms with Gasteiger partial charge in [-0.2, -0.15) is 5.10 Å².